The van der Waals surface area contributed by atoms with Crippen molar-refractivity contribution < 1.29 is 18.0 Å². The van der Waals surface area contributed by atoms with E-state index in [1.54, 1.807) is 4.90 Å². The van der Waals surface area contributed by atoms with Crippen molar-refractivity contribution >= 4 is 27.5 Å². The van der Waals surface area contributed by atoms with E-state index in [-0.39, 0.29) is 16.4 Å². The van der Waals surface area contributed by atoms with Gasteiger partial charge in [0.15, 0.2) is 0 Å². The first kappa shape index (κ1) is 19.4. The Morgan fingerprint density at radius 3 is 2.15 bits per heavy atom. The highest BCUT2D eigenvalue weighted by Gasteiger charge is 2.24. The SMILES string of the molecule is CC(=O)N1CCN(C(=O)/C(C#N)=C\Nc2ccc(S(N)(=O)=O)cc2)CC1. The van der Waals surface area contributed by atoms with E-state index in [2.05, 4.69) is 5.32 Å². The summed E-state index contributed by atoms with van der Waals surface area (Å²) in [5, 5.41) is 17.0. The quantitative estimate of drug-likeness (QED) is 0.553. The minimum absolute atomic E-state index is 0.0352. The fourth-order valence-electron chi connectivity index (χ4n) is 2.43. The minimum Gasteiger partial charge on any atom is -0.360 e. The minimum atomic E-state index is -3.78. The van der Waals surface area contributed by atoms with Crippen molar-refractivity contribution in [3.05, 3.63) is 36.0 Å². The molecule has 0 atom stereocenters. The molecule has 1 aromatic carbocycles. The summed E-state index contributed by atoms with van der Waals surface area (Å²) in [6, 6.07) is 7.44. The van der Waals surface area contributed by atoms with Crippen molar-refractivity contribution in [2.75, 3.05) is 31.5 Å². The number of carbonyl (C=O) groups is 2. The van der Waals surface area contributed by atoms with Gasteiger partial charge in [0.2, 0.25) is 15.9 Å². The van der Waals surface area contributed by atoms with E-state index >= 15 is 0 Å². The first-order chi connectivity index (χ1) is 12.2. The topological polar surface area (TPSA) is 137 Å². The number of nitrogens with zero attached hydrogens (tertiary/aromatic N) is 3. The summed E-state index contributed by atoms with van der Waals surface area (Å²) in [4.78, 5) is 26.8. The molecule has 1 heterocycles. The zero-order valence-electron chi connectivity index (χ0n) is 14.2. The third-order valence-electron chi connectivity index (χ3n) is 3.93. The van der Waals surface area contributed by atoms with Crippen LogP contribution in [0.25, 0.3) is 0 Å². The van der Waals surface area contributed by atoms with Gasteiger partial charge in [0.25, 0.3) is 5.91 Å². The number of amides is 2. The van der Waals surface area contributed by atoms with Crippen LogP contribution in [0.5, 0.6) is 0 Å². The van der Waals surface area contributed by atoms with Gasteiger partial charge in [-0.25, -0.2) is 13.6 Å². The number of anilines is 1. The molecular formula is C16H19N5O4S. The van der Waals surface area contributed by atoms with Gasteiger partial charge in [-0.1, -0.05) is 0 Å². The Morgan fingerprint density at radius 2 is 1.69 bits per heavy atom. The van der Waals surface area contributed by atoms with Crippen molar-refractivity contribution in [3.63, 3.8) is 0 Å². The molecule has 2 amide bonds. The monoisotopic (exact) mass is 377 g/mol. The van der Waals surface area contributed by atoms with Crippen molar-refractivity contribution in [1.29, 1.82) is 5.26 Å². The van der Waals surface area contributed by atoms with Crippen molar-refractivity contribution in [2.24, 2.45) is 5.14 Å². The van der Waals surface area contributed by atoms with Crippen LogP contribution in [-0.4, -0.2) is 56.2 Å². The van der Waals surface area contributed by atoms with Gasteiger partial charge in [-0.3, -0.25) is 9.59 Å². The average Bonchev–Trinajstić information content (AvgIpc) is 2.61. The van der Waals surface area contributed by atoms with Crippen molar-refractivity contribution in [1.82, 2.24) is 9.80 Å². The summed E-state index contributed by atoms with van der Waals surface area (Å²) in [5.41, 5.74) is 0.413. The first-order valence-corrected chi connectivity index (χ1v) is 9.31. The van der Waals surface area contributed by atoms with Gasteiger partial charge in [0, 0.05) is 45.0 Å². The van der Waals surface area contributed by atoms with E-state index in [0.29, 0.717) is 31.9 Å². The standard InChI is InChI=1S/C16H19N5O4S/c1-12(22)20-6-8-21(9-7-20)16(23)13(10-17)11-19-14-2-4-15(5-3-14)26(18,24)25/h2-5,11,19H,6-9H2,1H3,(H2,18,24,25)/b13-11-. The lowest BCUT2D eigenvalue weighted by molar-refractivity contribution is -0.136. The van der Waals surface area contributed by atoms with Gasteiger partial charge in [-0.15, -0.1) is 0 Å². The maximum absolute atomic E-state index is 12.4. The molecule has 138 valence electrons. The van der Waals surface area contributed by atoms with E-state index in [1.165, 1.54) is 42.3 Å². The van der Waals surface area contributed by atoms with Crippen LogP contribution in [0.2, 0.25) is 0 Å². The molecule has 9 nitrogen and oxygen atoms in total. The largest absolute Gasteiger partial charge is 0.360 e. The van der Waals surface area contributed by atoms with Crippen LogP contribution in [0.1, 0.15) is 6.92 Å². The van der Waals surface area contributed by atoms with Gasteiger partial charge < -0.3 is 15.1 Å². The molecule has 10 heteroatoms. The Bertz CT molecular complexity index is 863. The lowest BCUT2D eigenvalue weighted by atomic mass is 10.2. The molecule has 1 saturated heterocycles. The van der Waals surface area contributed by atoms with Crippen LogP contribution in [0.15, 0.2) is 40.9 Å². The lowest BCUT2D eigenvalue weighted by Crippen LogP contribution is -2.50. The highest BCUT2D eigenvalue weighted by Crippen LogP contribution is 2.14. The fraction of sp³-hybridized carbons (Fsp3) is 0.312. The Kier molecular flexibility index (Phi) is 5.97. The van der Waals surface area contributed by atoms with E-state index < -0.39 is 15.9 Å². The lowest BCUT2D eigenvalue weighted by Gasteiger charge is -2.34. The maximum Gasteiger partial charge on any atom is 0.266 e. The normalized spacial score (nSPS) is 15.3. The van der Waals surface area contributed by atoms with Crippen molar-refractivity contribution in [2.45, 2.75) is 11.8 Å². The molecule has 3 N–H and O–H groups in total. The molecule has 0 spiro atoms. The number of benzene rings is 1. The summed E-state index contributed by atoms with van der Waals surface area (Å²) in [7, 11) is -3.78. The molecule has 0 saturated carbocycles. The van der Waals surface area contributed by atoms with Gasteiger partial charge in [-0.2, -0.15) is 5.26 Å². The molecule has 1 aliphatic rings. The van der Waals surface area contributed by atoms with Gasteiger partial charge in [-0.05, 0) is 24.3 Å². The van der Waals surface area contributed by atoms with Crippen LogP contribution in [-0.2, 0) is 19.6 Å². The molecule has 1 aromatic rings. The molecule has 2 rings (SSSR count). The van der Waals surface area contributed by atoms with E-state index in [0.717, 1.165) is 0 Å². The van der Waals surface area contributed by atoms with Crippen LogP contribution >= 0.6 is 0 Å². The molecular weight excluding hydrogens is 358 g/mol. The number of rotatable bonds is 4. The number of nitriles is 1. The van der Waals surface area contributed by atoms with Crippen LogP contribution < -0.4 is 10.5 Å². The fourth-order valence-corrected chi connectivity index (χ4v) is 2.95. The molecule has 0 radical (unpaired) electrons. The van der Waals surface area contributed by atoms with Gasteiger partial charge in [0.05, 0.1) is 4.90 Å². The summed E-state index contributed by atoms with van der Waals surface area (Å²) in [5.74, 6) is -0.470. The molecule has 26 heavy (non-hydrogen) atoms. The number of nitrogens with two attached hydrogens (primary N) is 1. The Labute approximate surface area is 151 Å². The van der Waals surface area contributed by atoms with Gasteiger partial charge >= 0.3 is 0 Å². The smallest absolute Gasteiger partial charge is 0.266 e. The second-order valence-electron chi connectivity index (χ2n) is 5.68. The summed E-state index contributed by atoms with van der Waals surface area (Å²) >= 11 is 0. The molecule has 0 bridgehead atoms. The molecule has 1 fully saturated rings. The zero-order valence-corrected chi connectivity index (χ0v) is 15.0. The third-order valence-corrected chi connectivity index (χ3v) is 4.86. The molecule has 0 aliphatic carbocycles. The highest BCUT2D eigenvalue weighted by molar-refractivity contribution is 7.89. The van der Waals surface area contributed by atoms with Crippen LogP contribution in [0, 0.1) is 11.3 Å². The number of carbonyl (C=O) groups excluding carboxylic acids is 2. The second kappa shape index (κ2) is 7.99. The highest BCUT2D eigenvalue weighted by atomic mass is 32.2. The summed E-state index contributed by atoms with van der Waals surface area (Å²) in [6.07, 6.45) is 1.27. The number of hydrogen-bond acceptors (Lipinski definition) is 6. The Balaban J connectivity index is 2.03. The predicted octanol–water partition coefficient (Wildman–Crippen LogP) is -0.156. The Morgan fingerprint density at radius 1 is 1.15 bits per heavy atom. The van der Waals surface area contributed by atoms with E-state index in [1.807, 2.05) is 6.07 Å². The number of piperazine rings is 1. The van der Waals surface area contributed by atoms with E-state index in [9.17, 15) is 23.3 Å². The summed E-state index contributed by atoms with van der Waals surface area (Å²) in [6.45, 7) is 3.06. The van der Waals surface area contributed by atoms with Crippen LogP contribution in [0.4, 0.5) is 5.69 Å². The number of sulfonamides is 1. The first-order valence-electron chi connectivity index (χ1n) is 7.77. The molecule has 0 aromatic heterocycles. The van der Waals surface area contributed by atoms with Crippen molar-refractivity contribution in [3.8, 4) is 6.07 Å². The number of primary sulfonamides is 1. The Hall–Kier alpha value is -2.90. The number of nitrogens with one attached hydrogen (secondary N) is 1. The molecule has 1 aliphatic heterocycles. The van der Waals surface area contributed by atoms with Crippen LogP contribution in [0.3, 0.4) is 0 Å². The average molecular weight is 377 g/mol. The third kappa shape index (κ3) is 4.81. The van der Waals surface area contributed by atoms with Gasteiger partial charge in [0.1, 0.15) is 11.6 Å². The second-order valence-corrected chi connectivity index (χ2v) is 7.24. The zero-order chi connectivity index (χ0) is 19.3. The molecule has 0 unspecified atom stereocenters. The maximum atomic E-state index is 12.4. The predicted molar refractivity (Wildman–Crippen MR) is 94.0 cm³/mol. The van der Waals surface area contributed by atoms with E-state index in [4.69, 9.17) is 5.14 Å². The summed E-state index contributed by atoms with van der Waals surface area (Å²) < 4.78 is 22.4. The number of hydrogen-bond donors (Lipinski definition) is 2.